The minimum absolute atomic E-state index is 0.0408. The molecule has 1 fully saturated rings. The predicted octanol–water partition coefficient (Wildman–Crippen LogP) is 4.41. The highest BCUT2D eigenvalue weighted by Gasteiger charge is 2.31. The van der Waals surface area contributed by atoms with E-state index < -0.39 is 0 Å². The van der Waals surface area contributed by atoms with E-state index >= 15 is 0 Å². The Morgan fingerprint density at radius 1 is 0.935 bits per heavy atom. The summed E-state index contributed by atoms with van der Waals surface area (Å²) >= 11 is 0. The largest absolute Gasteiger partial charge is 0.497 e. The first-order chi connectivity index (χ1) is 15.1. The molecule has 0 bridgehead atoms. The van der Waals surface area contributed by atoms with Crippen LogP contribution >= 0.6 is 0 Å². The third-order valence-electron chi connectivity index (χ3n) is 4.92. The Morgan fingerprint density at radius 3 is 2.39 bits per heavy atom. The zero-order chi connectivity index (χ0) is 21.6. The number of urea groups is 1. The molecule has 7 heteroatoms. The van der Waals surface area contributed by atoms with E-state index in [-0.39, 0.29) is 24.4 Å². The molecule has 0 aromatic heterocycles. The summed E-state index contributed by atoms with van der Waals surface area (Å²) in [6.45, 7) is 0.406. The number of amides is 3. The summed E-state index contributed by atoms with van der Waals surface area (Å²) in [5.74, 6) is 2.06. The molecule has 158 valence electrons. The van der Waals surface area contributed by atoms with Gasteiger partial charge < -0.3 is 25.0 Å². The van der Waals surface area contributed by atoms with Gasteiger partial charge in [-0.3, -0.25) is 4.79 Å². The predicted molar refractivity (Wildman–Crippen MR) is 119 cm³/mol. The van der Waals surface area contributed by atoms with Gasteiger partial charge in [-0.15, -0.1) is 0 Å². The number of methoxy groups -OCH3 is 1. The van der Waals surface area contributed by atoms with Crippen molar-refractivity contribution in [3.63, 3.8) is 0 Å². The minimum Gasteiger partial charge on any atom is -0.497 e. The molecule has 1 saturated heterocycles. The summed E-state index contributed by atoms with van der Waals surface area (Å²) < 4.78 is 11.0. The van der Waals surface area contributed by atoms with Crippen LogP contribution < -0.4 is 25.0 Å². The Morgan fingerprint density at radius 2 is 1.65 bits per heavy atom. The second-order valence-electron chi connectivity index (χ2n) is 7.14. The highest BCUT2D eigenvalue weighted by molar-refractivity contribution is 5.97. The summed E-state index contributed by atoms with van der Waals surface area (Å²) in [6, 6.07) is 23.2. The number of para-hydroxylation sites is 1. The van der Waals surface area contributed by atoms with Crippen LogP contribution in [0.5, 0.6) is 17.2 Å². The number of hydrogen-bond acceptors (Lipinski definition) is 4. The van der Waals surface area contributed by atoms with E-state index in [1.54, 1.807) is 42.3 Å². The third-order valence-corrected chi connectivity index (χ3v) is 4.92. The van der Waals surface area contributed by atoms with Gasteiger partial charge >= 0.3 is 6.03 Å². The van der Waals surface area contributed by atoms with E-state index in [2.05, 4.69) is 10.6 Å². The van der Waals surface area contributed by atoms with E-state index in [9.17, 15) is 9.59 Å². The lowest BCUT2D eigenvalue weighted by atomic mass is 10.2. The molecule has 0 spiro atoms. The van der Waals surface area contributed by atoms with E-state index in [4.69, 9.17) is 9.47 Å². The van der Waals surface area contributed by atoms with Crippen molar-refractivity contribution in [1.82, 2.24) is 5.32 Å². The molecule has 1 atom stereocenters. The fourth-order valence-corrected chi connectivity index (χ4v) is 3.42. The number of hydrogen-bond donors (Lipinski definition) is 2. The topological polar surface area (TPSA) is 79.9 Å². The molecule has 0 unspecified atom stereocenters. The van der Waals surface area contributed by atoms with Crippen molar-refractivity contribution in [3.8, 4) is 17.2 Å². The summed E-state index contributed by atoms with van der Waals surface area (Å²) in [5.41, 5.74) is 1.38. The highest BCUT2D eigenvalue weighted by atomic mass is 16.5. The van der Waals surface area contributed by atoms with Gasteiger partial charge in [0.1, 0.15) is 17.2 Å². The average Bonchev–Trinajstić information content (AvgIpc) is 3.15. The maximum absolute atomic E-state index is 12.4. The molecule has 0 radical (unpaired) electrons. The smallest absolute Gasteiger partial charge is 0.319 e. The van der Waals surface area contributed by atoms with Gasteiger partial charge in [-0.1, -0.05) is 24.3 Å². The lowest BCUT2D eigenvalue weighted by molar-refractivity contribution is -0.117. The minimum atomic E-state index is -0.359. The van der Waals surface area contributed by atoms with Gasteiger partial charge in [-0.05, 0) is 48.5 Å². The quantitative estimate of drug-likeness (QED) is 0.622. The lowest BCUT2D eigenvalue weighted by Gasteiger charge is -2.18. The Kier molecular flexibility index (Phi) is 6.03. The number of rotatable bonds is 6. The number of anilines is 2. The molecule has 1 aliphatic heterocycles. The molecule has 3 aromatic rings. The van der Waals surface area contributed by atoms with Crippen LogP contribution in [0.1, 0.15) is 6.42 Å². The molecule has 0 aliphatic carbocycles. The SMILES string of the molecule is COc1cccc(N2C[C@@H](NC(=O)Nc3ccc(Oc4ccccc4)cc3)CC2=O)c1. The molecule has 4 rings (SSSR count). The number of nitrogens with zero attached hydrogens (tertiary/aromatic N) is 1. The monoisotopic (exact) mass is 417 g/mol. The first kappa shape index (κ1) is 20.3. The van der Waals surface area contributed by atoms with Gasteiger partial charge in [0.25, 0.3) is 0 Å². The van der Waals surface area contributed by atoms with Crippen molar-refractivity contribution >= 4 is 23.3 Å². The Bertz CT molecular complexity index is 1050. The number of nitrogens with one attached hydrogen (secondary N) is 2. The second-order valence-corrected chi connectivity index (χ2v) is 7.14. The van der Waals surface area contributed by atoms with Crippen LogP contribution in [0.4, 0.5) is 16.2 Å². The summed E-state index contributed by atoms with van der Waals surface area (Å²) in [7, 11) is 1.58. The molecule has 31 heavy (non-hydrogen) atoms. The maximum atomic E-state index is 12.4. The van der Waals surface area contributed by atoms with Crippen LogP contribution in [-0.2, 0) is 4.79 Å². The van der Waals surface area contributed by atoms with E-state index in [0.717, 1.165) is 11.4 Å². The second kappa shape index (κ2) is 9.21. The number of carbonyl (C=O) groups excluding carboxylic acids is 2. The molecule has 3 amide bonds. The highest BCUT2D eigenvalue weighted by Crippen LogP contribution is 2.26. The van der Waals surface area contributed by atoms with Gasteiger partial charge in [0.2, 0.25) is 5.91 Å². The first-order valence-corrected chi connectivity index (χ1v) is 9.95. The third kappa shape index (κ3) is 5.14. The normalized spacial score (nSPS) is 15.5. The van der Waals surface area contributed by atoms with Gasteiger partial charge in [0, 0.05) is 30.4 Å². The van der Waals surface area contributed by atoms with E-state index in [1.807, 2.05) is 48.5 Å². The van der Waals surface area contributed by atoms with Gasteiger partial charge in [0.15, 0.2) is 0 Å². The Balaban J connectivity index is 1.31. The van der Waals surface area contributed by atoms with Crippen LogP contribution in [-0.4, -0.2) is 31.6 Å². The van der Waals surface area contributed by atoms with E-state index in [1.165, 1.54) is 0 Å². The zero-order valence-corrected chi connectivity index (χ0v) is 17.1. The zero-order valence-electron chi connectivity index (χ0n) is 17.1. The molecule has 1 aliphatic rings. The molecule has 7 nitrogen and oxygen atoms in total. The van der Waals surface area contributed by atoms with Gasteiger partial charge in [-0.25, -0.2) is 4.79 Å². The number of ether oxygens (including phenoxy) is 2. The Labute approximate surface area is 180 Å². The summed E-state index contributed by atoms with van der Waals surface area (Å²) in [6.07, 6.45) is 0.245. The van der Waals surface area contributed by atoms with Crippen molar-refractivity contribution in [2.24, 2.45) is 0 Å². The summed E-state index contributed by atoms with van der Waals surface area (Å²) in [5, 5.41) is 5.66. The molecule has 0 saturated carbocycles. The molecular formula is C24H23N3O4. The standard InChI is InChI=1S/C24H23N3O4/c1-30-22-9-5-6-19(15-22)27-16-18(14-23(27)28)26-24(29)25-17-10-12-21(13-11-17)31-20-7-3-2-4-8-20/h2-13,15,18H,14,16H2,1H3,(H2,25,26,29)/t18-/m0/s1. The maximum Gasteiger partial charge on any atom is 0.319 e. The fraction of sp³-hybridized carbons (Fsp3) is 0.167. The van der Waals surface area contributed by atoms with Gasteiger partial charge in [0.05, 0.1) is 13.2 Å². The molecule has 3 aromatic carbocycles. The lowest BCUT2D eigenvalue weighted by Crippen LogP contribution is -2.39. The van der Waals surface area contributed by atoms with Crippen LogP contribution in [0.3, 0.4) is 0 Å². The van der Waals surface area contributed by atoms with Crippen molar-refractivity contribution in [2.75, 3.05) is 23.9 Å². The van der Waals surface area contributed by atoms with Crippen LogP contribution in [0, 0.1) is 0 Å². The van der Waals surface area contributed by atoms with Crippen LogP contribution in [0.2, 0.25) is 0 Å². The molecular weight excluding hydrogens is 394 g/mol. The van der Waals surface area contributed by atoms with Crippen LogP contribution in [0.25, 0.3) is 0 Å². The Hall–Kier alpha value is -4.00. The average molecular weight is 417 g/mol. The van der Waals surface area contributed by atoms with Crippen molar-refractivity contribution < 1.29 is 19.1 Å². The first-order valence-electron chi connectivity index (χ1n) is 9.95. The van der Waals surface area contributed by atoms with Crippen molar-refractivity contribution in [1.29, 1.82) is 0 Å². The molecule has 1 heterocycles. The number of benzene rings is 3. The summed E-state index contributed by atoms with van der Waals surface area (Å²) in [4.78, 5) is 26.5. The fourth-order valence-electron chi connectivity index (χ4n) is 3.42. The van der Waals surface area contributed by atoms with Crippen LogP contribution in [0.15, 0.2) is 78.9 Å². The number of carbonyl (C=O) groups is 2. The van der Waals surface area contributed by atoms with Gasteiger partial charge in [-0.2, -0.15) is 0 Å². The molecule has 2 N–H and O–H groups in total. The van der Waals surface area contributed by atoms with E-state index in [0.29, 0.717) is 23.7 Å². The van der Waals surface area contributed by atoms with Crippen molar-refractivity contribution in [3.05, 3.63) is 78.9 Å². The van der Waals surface area contributed by atoms with Crippen molar-refractivity contribution in [2.45, 2.75) is 12.5 Å².